The Morgan fingerprint density at radius 2 is 1.73 bits per heavy atom. The predicted octanol–water partition coefficient (Wildman–Crippen LogP) is 5.38. The molecule has 0 aromatic heterocycles. The largest absolute Gasteiger partial charge is 0.494 e. The molecular weight excluding hydrogens is 606 g/mol. The van der Waals surface area contributed by atoms with Gasteiger partial charge in [-0.1, -0.05) is 63.3 Å². The summed E-state index contributed by atoms with van der Waals surface area (Å²) in [4.78, 5) is 49.8. The molecule has 6 atom stereocenters. The molecule has 258 valence electrons. The highest BCUT2D eigenvalue weighted by Crippen LogP contribution is 2.65. The number of carbonyl (C=O) groups is 3. The van der Waals surface area contributed by atoms with E-state index in [0.717, 1.165) is 5.56 Å². The van der Waals surface area contributed by atoms with Crippen LogP contribution in [0.3, 0.4) is 0 Å². The van der Waals surface area contributed by atoms with Crippen molar-refractivity contribution in [1.29, 1.82) is 0 Å². The molecule has 9 heteroatoms. The number of carbonyl (C=O) groups excluding carboxylic acids is 3. The van der Waals surface area contributed by atoms with Crippen molar-refractivity contribution in [2.75, 3.05) is 31.2 Å². The maximum Gasteiger partial charge on any atom is 0.249 e. The smallest absolute Gasteiger partial charge is 0.249 e. The number of amides is 3. The summed E-state index contributed by atoms with van der Waals surface area (Å²) in [6.45, 7) is 16.9. The first kappa shape index (κ1) is 35.4. The average molecular weight is 658 g/mol. The van der Waals surface area contributed by atoms with Crippen molar-refractivity contribution < 1.29 is 29.0 Å². The van der Waals surface area contributed by atoms with Crippen LogP contribution in [0.25, 0.3) is 0 Å². The fourth-order valence-electron chi connectivity index (χ4n) is 8.40. The maximum atomic E-state index is 15.0. The van der Waals surface area contributed by atoms with Crippen LogP contribution in [0.2, 0.25) is 0 Å². The lowest BCUT2D eigenvalue weighted by atomic mass is 9.64. The second-order valence-corrected chi connectivity index (χ2v) is 13.7. The first-order valence-electron chi connectivity index (χ1n) is 17.3. The fourth-order valence-corrected chi connectivity index (χ4v) is 8.40. The quantitative estimate of drug-likeness (QED) is 0.244. The number of nitrogens with zero attached hydrogens (tertiary/aromatic N) is 3. The summed E-state index contributed by atoms with van der Waals surface area (Å²) in [5.41, 5.74) is -0.524. The number of aliphatic hydroxyl groups excluding tert-OH is 1. The molecule has 0 radical (unpaired) electrons. The first-order valence-corrected chi connectivity index (χ1v) is 17.3. The molecule has 3 aliphatic rings. The number of ether oxygens (including phenoxy) is 2. The molecule has 5 rings (SSSR count). The molecule has 9 nitrogen and oxygen atoms in total. The second-order valence-electron chi connectivity index (χ2n) is 13.7. The summed E-state index contributed by atoms with van der Waals surface area (Å²) in [6.07, 6.45) is 5.38. The zero-order chi connectivity index (χ0) is 34.6. The van der Waals surface area contributed by atoms with Gasteiger partial charge in [0.1, 0.15) is 17.4 Å². The van der Waals surface area contributed by atoms with E-state index in [0.29, 0.717) is 50.3 Å². The number of anilines is 1. The normalized spacial score (nSPS) is 26.3. The molecule has 3 heterocycles. The third-order valence-electron chi connectivity index (χ3n) is 10.4. The lowest BCUT2D eigenvalue weighted by Gasteiger charge is -2.40. The van der Waals surface area contributed by atoms with E-state index >= 15 is 0 Å². The summed E-state index contributed by atoms with van der Waals surface area (Å²) >= 11 is 0. The number of aliphatic hydroxyl groups is 1. The minimum atomic E-state index is -1.22. The first-order chi connectivity index (χ1) is 23.1. The van der Waals surface area contributed by atoms with Gasteiger partial charge in [-0.25, -0.2) is 0 Å². The Bertz CT molecular complexity index is 1480. The molecular formula is C39H51N3O6. The number of hydrogen-bond donors (Lipinski definition) is 1. The van der Waals surface area contributed by atoms with E-state index in [1.54, 1.807) is 26.9 Å². The molecule has 2 aromatic rings. The Morgan fingerprint density at radius 3 is 2.31 bits per heavy atom. The highest BCUT2D eigenvalue weighted by Gasteiger charge is 2.79. The SMILES string of the molecule is C=CCN(Cc1ccccc1)C(=O)C1N([C@@H](CO)CC(C)C)C(=O)[C@@H]2[C@@H](C(=O)N(CC=C)c3ccc(OCC)cc3)[C@@]3(CC)CCC12O3. The molecule has 3 aliphatic heterocycles. The Labute approximate surface area is 285 Å². The highest BCUT2D eigenvalue weighted by molar-refractivity contribution is 6.03. The van der Waals surface area contributed by atoms with Crippen molar-refractivity contribution in [3.63, 3.8) is 0 Å². The summed E-state index contributed by atoms with van der Waals surface area (Å²) in [5.74, 6) is -1.65. The minimum absolute atomic E-state index is 0.150. The van der Waals surface area contributed by atoms with Crippen LogP contribution in [0, 0.1) is 17.8 Å². The molecule has 0 saturated carbocycles. The summed E-state index contributed by atoms with van der Waals surface area (Å²) in [7, 11) is 0. The van der Waals surface area contributed by atoms with Crippen molar-refractivity contribution in [1.82, 2.24) is 9.80 Å². The van der Waals surface area contributed by atoms with Gasteiger partial charge in [0.05, 0.1) is 36.7 Å². The van der Waals surface area contributed by atoms with Crippen LogP contribution in [0.1, 0.15) is 58.9 Å². The van der Waals surface area contributed by atoms with E-state index < -0.39 is 35.1 Å². The van der Waals surface area contributed by atoms with Crippen molar-refractivity contribution in [3.05, 3.63) is 85.5 Å². The van der Waals surface area contributed by atoms with Gasteiger partial charge >= 0.3 is 0 Å². The van der Waals surface area contributed by atoms with E-state index in [1.165, 1.54) is 0 Å². The Balaban J connectivity index is 1.61. The molecule has 3 fully saturated rings. The molecule has 1 N–H and O–H groups in total. The van der Waals surface area contributed by atoms with Gasteiger partial charge < -0.3 is 29.3 Å². The topological polar surface area (TPSA) is 99.6 Å². The third-order valence-corrected chi connectivity index (χ3v) is 10.4. The van der Waals surface area contributed by atoms with Gasteiger partial charge in [-0.05, 0) is 68.4 Å². The van der Waals surface area contributed by atoms with Crippen molar-refractivity contribution in [3.8, 4) is 5.75 Å². The highest BCUT2D eigenvalue weighted by atomic mass is 16.5. The van der Waals surface area contributed by atoms with Crippen LogP contribution in [-0.4, -0.2) is 82.2 Å². The summed E-state index contributed by atoms with van der Waals surface area (Å²) in [6, 6.07) is 15.4. The Kier molecular flexibility index (Phi) is 10.8. The Hall–Kier alpha value is -3.95. The van der Waals surface area contributed by atoms with Crippen LogP contribution < -0.4 is 9.64 Å². The van der Waals surface area contributed by atoms with Crippen molar-refractivity contribution in [2.24, 2.45) is 17.8 Å². The van der Waals surface area contributed by atoms with Gasteiger partial charge in [0.15, 0.2) is 0 Å². The molecule has 1 spiro atoms. The van der Waals surface area contributed by atoms with Crippen molar-refractivity contribution >= 4 is 23.4 Å². The standard InChI is InChI=1S/C39H51N3O6/c1-7-22-40(25-28-14-12-11-13-15-28)37(46)34-39-21-20-38(9-3,48-39)32(33(39)36(45)42(34)30(26-43)24-27(5)6)35(44)41(23-8-2)29-16-18-31(19-17-29)47-10-4/h7-8,11-19,27,30,32-34,43H,1-2,9-10,20-26H2,3-6H3/t30-,32+,33+,34?,38-,39?/m1/s1. The maximum absolute atomic E-state index is 15.0. The number of fused-ring (bicyclic) bond motifs is 1. The second kappa shape index (κ2) is 14.7. The van der Waals surface area contributed by atoms with E-state index in [-0.39, 0.29) is 43.3 Å². The van der Waals surface area contributed by atoms with E-state index in [1.807, 2.05) is 82.3 Å². The Morgan fingerprint density at radius 1 is 1.04 bits per heavy atom. The van der Waals surface area contributed by atoms with E-state index in [2.05, 4.69) is 13.2 Å². The number of likely N-dealkylation sites (tertiary alicyclic amines) is 1. The number of benzene rings is 2. The third kappa shape index (κ3) is 6.18. The van der Waals surface area contributed by atoms with Crippen LogP contribution in [-0.2, 0) is 25.7 Å². The van der Waals surface area contributed by atoms with E-state index in [9.17, 15) is 19.5 Å². The van der Waals surface area contributed by atoms with E-state index in [4.69, 9.17) is 9.47 Å². The summed E-state index contributed by atoms with van der Waals surface area (Å²) < 4.78 is 12.7. The lowest BCUT2D eigenvalue weighted by Crippen LogP contribution is -2.59. The molecule has 2 unspecified atom stereocenters. The van der Waals surface area contributed by atoms with Gasteiger partial charge in [-0.15, -0.1) is 13.2 Å². The van der Waals surface area contributed by atoms with Gasteiger partial charge in [-0.3, -0.25) is 14.4 Å². The van der Waals surface area contributed by atoms with Gasteiger partial charge in [0.25, 0.3) is 0 Å². The van der Waals surface area contributed by atoms with Crippen LogP contribution in [0.4, 0.5) is 5.69 Å². The van der Waals surface area contributed by atoms with Gasteiger partial charge in [0.2, 0.25) is 17.7 Å². The predicted molar refractivity (Wildman–Crippen MR) is 186 cm³/mol. The van der Waals surface area contributed by atoms with Crippen LogP contribution >= 0.6 is 0 Å². The van der Waals surface area contributed by atoms with Crippen LogP contribution in [0.5, 0.6) is 5.75 Å². The molecule has 2 aromatic carbocycles. The minimum Gasteiger partial charge on any atom is -0.494 e. The van der Waals surface area contributed by atoms with Crippen molar-refractivity contribution in [2.45, 2.75) is 83.2 Å². The van der Waals surface area contributed by atoms with Crippen LogP contribution in [0.15, 0.2) is 79.9 Å². The summed E-state index contributed by atoms with van der Waals surface area (Å²) in [5, 5.41) is 10.7. The molecule has 3 saturated heterocycles. The van der Waals surface area contributed by atoms with Gasteiger partial charge in [0, 0.05) is 25.3 Å². The molecule has 3 amide bonds. The zero-order valence-electron chi connectivity index (χ0n) is 28.8. The lowest BCUT2D eigenvalue weighted by molar-refractivity contribution is -0.156. The monoisotopic (exact) mass is 657 g/mol. The number of hydrogen-bond acceptors (Lipinski definition) is 6. The zero-order valence-corrected chi connectivity index (χ0v) is 28.8. The molecule has 48 heavy (non-hydrogen) atoms. The molecule has 2 bridgehead atoms. The average Bonchev–Trinajstić information content (AvgIpc) is 3.70. The number of rotatable bonds is 16. The van der Waals surface area contributed by atoms with Gasteiger partial charge in [-0.2, -0.15) is 0 Å². The fraction of sp³-hybridized carbons (Fsp3) is 0.513. The molecule has 0 aliphatic carbocycles.